The molecule has 0 rings (SSSR count). The average molecular weight is 210 g/mol. The normalized spacial score (nSPS) is 7.89. The van der Waals surface area contributed by atoms with Crippen LogP contribution in [-0.4, -0.2) is 24.3 Å². The fourth-order valence-corrected chi connectivity index (χ4v) is 0. The Balaban J connectivity index is 0. The van der Waals surface area contributed by atoms with E-state index in [2.05, 4.69) is 22.5 Å². The average Bonchev–Trinajstić information content (AvgIpc) is 1.65. The molecular weight excluding hydrogens is 203 g/mol. The first-order chi connectivity index (χ1) is 4.00. The Kier molecular flexibility index (Phi) is 12.5. The maximum atomic E-state index is 9.12. The predicted octanol–water partition coefficient (Wildman–Crippen LogP) is 1.58. The lowest BCUT2D eigenvalue weighted by molar-refractivity contribution is -0.457. The molecule has 0 heterocycles. The zero-order valence-corrected chi connectivity index (χ0v) is 8.18. The van der Waals surface area contributed by atoms with Crippen molar-refractivity contribution in [1.29, 1.82) is 0 Å². The summed E-state index contributed by atoms with van der Waals surface area (Å²) in [6.45, 7) is -1.93. The molecule has 0 fully saturated rings. The summed E-state index contributed by atoms with van der Waals surface area (Å²) in [5, 5.41) is 0. The highest BCUT2D eigenvalue weighted by atomic mass is 35.9. The topological polar surface area (TPSA) is 26.1 Å². The van der Waals surface area contributed by atoms with Gasteiger partial charge in [-0.1, -0.05) is 22.5 Å². The summed E-state index contributed by atoms with van der Waals surface area (Å²) >= 11 is 14.2. The number of rotatable bonds is 0. The quantitative estimate of drug-likeness (QED) is 0.339. The van der Waals surface area contributed by atoms with Gasteiger partial charge >= 0.3 is 0 Å². The van der Waals surface area contributed by atoms with Crippen molar-refractivity contribution in [3.05, 3.63) is 0 Å². The molecule has 0 aliphatic rings. The highest BCUT2D eigenvalue weighted by Gasteiger charge is 1.67. The molecule has 0 aromatic rings. The van der Waals surface area contributed by atoms with E-state index in [1.165, 1.54) is 5.67 Å². The molecule has 0 amide bonds. The molecule has 9 heavy (non-hydrogen) atoms. The van der Waals surface area contributed by atoms with E-state index in [4.69, 9.17) is 16.5 Å². The fraction of sp³-hybridized carbons (Fsp3) is 0.667. The molecule has 0 unspecified atom stereocenters. The summed E-state index contributed by atoms with van der Waals surface area (Å²) in [5.41, 5.74) is 1.47. The molecule has 0 N–H and O–H groups in total. The molecule has 0 radical (unpaired) electrons. The second-order valence-corrected chi connectivity index (χ2v) is 4.22. The highest BCUT2D eigenvalue weighted by molar-refractivity contribution is 7.98. The fourth-order valence-electron chi connectivity index (χ4n) is 0. The molecule has 2 nitrogen and oxygen atoms in total. The van der Waals surface area contributed by atoms with Crippen LogP contribution in [0, 0.1) is 0 Å². The second kappa shape index (κ2) is 8.93. The Hall–Kier alpha value is 0.930. The molecule has 0 aromatic heterocycles. The summed E-state index contributed by atoms with van der Waals surface area (Å²) in [5.74, 6) is 0. The standard InChI is InChI=1S/C3H7ClN.Cl2OP/c1-5(2)3-4;1-4(2)3/h3H,1-2H3;/q+1;-1. The lowest BCUT2D eigenvalue weighted by Crippen LogP contribution is -1.91. The molecular formula is C3H7Cl3NOP. The summed E-state index contributed by atoms with van der Waals surface area (Å²) in [6.07, 6.45) is 0. The minimum atomic E-state index is -1.93. The van der Waals surface area contributed by atoms with Gasteiger partial charge in [0.2, 0.25) is 5.67 Å². The molecule has 0 spiro atoms. The monoisotopic (exact) mass is 209 g/mol. The van der Waals surface area contributed by atoms with E-state index in [0.29, 0.717) is 0 Å². The van der Waals surface area contributed by atoms with Crippen molar-refractivity contribution in [2.45, 2.75) is 0 Å². The van der Waals surface area contributed by atoms with Crippen LogP contribution < -0.4 is 4.89 Å². The van der Waals surface area contributed by atoms with Crippen LogP contribution in [0.5, 0.6) is 0 Å². The van der Waals surface area contributed by atoms with E-state index < -0.39 is 6.85 Å². The van der Waals surface area contributed by atoms with Crippen molar-refractivity contribution in [2.24, 2.45) is 0 Å². The van der Waals surface area contributed by atoms with Gasteiger partial charge in [0.15, 0.2) is 0 Å². The molecule has 6 heteroatoms. The molecule has 0 aliphatic carbocycles. The van der Waals surface area contributed by atoms with Crippen LogP contribution in [0.3, 0.4) is 0 Å². The van der Waals surface area contributed by atoms with Gasteiger partial charge in [0.05, 0.1) is 0 Å². The van der Waals surface area contributed by atoms with Gasteiger partial charge in [-0.2, -0.15) is 0 Å². The number of nitrogens with zero attached hydrogens (tertiary/aromatic N) is 1. The molecule has 0 saturated heterocycles. The van der Waals surface area contributed by atoms with Crippen molar-refractivity contribution < 1.29 is 9.47 Å². The first-order valence-electron chi connectivity index (χ1n) is 1.89. The number of hydrogen-bond acceptors (Lipinski definition) is 1. The minimum absolute atomic E-state index is 1.47. The van der Waals surface area contributed by atoms with Gasteiger partial charge in [-0.3, -0.25) is 0 Å². The Morgan fingerprint density at radius 2 is 1.56 bits per heavy atom. The zero-order valence-electron chi connectivity index (χ0n) is 5.01. The third-order valence-electron chi connectivity index (χ3n) is 0.195. The first-order valence-corrected chi connectivity index (χ1v) is 5.40. The second-order valence-electron chi connectivity index (χ2n) is 1.26. The van der Waals surface area contributed by atoms with Crippen LogP contribution in [-0.2, 0) is 0 Å². The summed E-state index contributed by atoms with van der Waals surface area (Å²) < 4.78 is 1.77. The van der Waals surface area contributed by atoms with Gasteiger partial charge in [0.1, 0.15) is 14.1 Å². The van der Waals surface area contributed by atoms with Gasteiger partial charge in [0.25, 0.3) is 0 Å². The van der Waals surface area contributed by atoms with Crippen LogP contribution in [0.25, 0.3) is 0 Å². The molecule has 0 aliphatic heterocycles. The van der Waals surface area contributed by atoms with Crippen LogP contribution in [0.15, 0.2) is 0 Å². The first kappa shape index (κ1) is 12.6. The van der Waals surface area contributed by atoms with Crippen molar-refractivity contribution in [1.82, 2.24) is 0 Å². The highest BCUT2D eigenvalue weighted by Crippen LogP contribution is 2.35. The van der Waals surface area contributed by atoms with Crippen LogP contribution >= 0.6 is 40.9 Å². The maximum absolute atomic E-state index is 9.12. The lowest BCUT2D eigenvalue weighted by atomic mass is 11.1. The van der Waals surface area contributed by atoms with Gasteiger partial charge in [-0.25, -0.2) is 4.58 Å². The Morgan fingerprint density at radius 1 is 1.44 bits per heavy atom. The van der Waals surface area contributed by atoms with E-state index in [-0.39, 0.29) is 0 Å². The lowest BCUT2D eigenvalue weighted by Gasteiger charge is -1.95. The Morgan fingerprint density at radius 3 is 1.56 bits per heavy atom. The van der Waals surface area contributed by atoms with E-state index in [9.17, 15) is 0 Å². The molecule has 0 aromatic carbocycles. The van der Waals surface area contributed by atoms with Crippen molar-refractivity contribution >= 4 is 46.6 Å². The third kappa shape index (κ3) is 50.0. The minimum Gasteiger partial charge on any atom is -0.805 e. The zero-order chi connectivity index (χ0) is 7.86. The van der Waals surface area contributed by atoms with E-state index in [1.54, 1.807) is 4.58 Å². The molecule has 0 bridgehead atoms. The third-order valence-corrected chi connectivity index (χ3v) is 0.586. The van der Waals surface area contributed by atoms with E-state index in [0.717, 1.165) is 0 Å². The van der Waals surface area contributed by atoms with Gasteiger partial charge in [-0.05, 0) is 18.5 Å². The van der Waals surface area contributed by atoms with Crippen molar-refractivity contribution in [3.8, 4) is 0 Å². The summed E-state index contributed by atoms with van der Waals surface area (Å²) in [7, 11) is 3.74. The predicted molar refractivity (Wildman–Crippen MR) is 42.7 cm³/mol. The summed E-state index contributed by atoms with van der Waals surface area (Å²) in [6, 6.07) is 0. The van der Waals surface area contributed by atoms with Gasteiger partial charge < -0.3 is 4.89 Å². The van der Waals surface area contributed by atoms with E-state index in [1.807, 2.05) is 14.1 Å². The van der Waals surface area contributed by atoms with E-state index >= 15 is 0 Å². The van der Waals surface area contributed by atoms with Crippen molar-refractivity contribution in [2.75, 3.05) is 14.1 Å². The number of halogens is 3. The molecule has 56 valence electrons. The van der Waals surface area contributed by atoms with Gasteiger partial charge in [-0.15, -0.1) is 0 Å². The van der Waals surface area contributed by atoms with Crippen LogP contribution in [0.4, 0.5) is 0 Å². The SMILES string of the molecule is C[N+](C)=CCl.[O-]P(Cl)Cl. The van der Waals surface area contributed by atoms with Crippen LogP contribution in [0.1, 0.15) is 0 Å². The Labute approximate surface area is 70.5 Å². The summed E-state index contributed by atoms with van der Waals surface area (Å²) in [4.78, 5) is 9.12. The smallest absolute Gasteiger partial charge is 0.232 e. The van der Waals surface area contributed by atoms with Crippen molar-refractivity contribution in [3.63, 3.8) is 0 Å². The molecule has 0 saturated carbocycles. The maximum Gasteiger partial charge on any atom is 0.232 e. The number of hydrogen-bond donors (Lipinski definition) is 0. The van der Waals surface area contributed by atoms with Crippen LogP contribution in [0.2, 0.25) is 0 Å². The molecule has 0 atom stereocenters. The van der Waals surface area contributed by atoms with Gasteiger partial charge in [0, 0.05) is 0 Å². The largest absolute Gasteiger partial charge is 0.805 e. The Bertz CT molecular complexity index is 80.4.